The number of urea groups is 1. The van der Waals surface area contributed by atoms with Crippen LogP contribution in [0.3, 0.4) is 0 Å². The van der Waals surface area contributed by atoms with Crippen molar-refractivity contribution in [2.45, 2.75) is 18.3 Å². The van der Waals surface area contributed by atoms with Crippen LogP contribution in [0.2, 0.25) is 0 Å². The van der Waals surface area contributed by atoms with E-state index in [0.29, 0.717) is 5.75 Å². The normalized spacial score (nSPS) is 23.9. The van der Waals surface area contributed by atoms with Crippen molar-refractivity contribution in [2.75, 3.05) is 19.3 Å². The number of aliphatic carboxylic acids is 1. The van der Waals surface area contributed by atoms with E-state index in [-0.39, 0.29) is 17.9 Å². The van der Waals surface area contributed by atoms with Crippen molar-refractivity contribution in [2.24, 2.45) is 0 Å². The first-order valence-electron chi connectivity index (χ1n) is 4.80. The Hall–Kier alpha value is -1.35. The van der Waals surface area contributed by atoms with Gasteiger partial charge in [0.25, 0.3) is 0 Å². The average molecular weight is 242 g/mol. The van der Waals surface area contributed by atoms with E-state index in [9.17, 15) is 9.59 Å². The quantitative estimate of drug-likeness (QED) is 0.717. The predicted octanol–water partition coefficient (Wildman–Crippen LogP) is 0.519. The summed E-state index contributed by atoms with van der Waals surface area (Å²) in [5, 5.41) is 8.87. The lowest BCUT2D eigenvalue weighted by Gasteiger charge is -2.29. The average Bonchev–Trinajstić information content (AvgIpc) is 2.59. The van der Waals surface area contributed by atoms with Gasteiger partial charge >= 0.3 is 12.0 Å². The number of terminal acetylenes is 1. The van der Waals surface area contributed by atoms with Gasteiger partial charge in [-0.05, 0) is 6.92 Å². The number of hydrogen-bond donors (Lipinski definition) is 1. The Morgan fingerprint density at radius 2 is 2.31 bits per heavy atom. The Balaban J connectivity index is 2.80. The smallest absolute Gasteiger partial charge is 0.327 e. The van der Waals surface area contributed by atoms with Crippen LogP contribution >= 0.6 is 11.8 Å². The maximum absolute atomic E-state index is 11.9. The Bertz CT molecular complexity index is 339. The van der Waals surface area contributed by atoms with E-state index < -0.39 is 12.0 Å². The molecule has 1 aliphatic heterocycles. The third kappa shape index (κ3) is 2.42. The molecule has 2 unspecified atom stereocenters. The van der Waals surface area contributed by atoms with Crippen LogP contribution in [0.4, 0.5) is 4.79 Å². The summed E-state index contributed by atoms with van der Waals surface area (Å²) in [5.41, 5.74) is 0. The zero-order valence-electron chi connectivity index (χ0n) is 9.21. The zero-order chi connectivity index (χ0) is 12.3. The SMILES string of the molecule is C#CCN(C)C(=O)N1C(C)SCC1C(=O)O. The van der Waals surface area contributed by atoms with Crippen LogP contribution in [-0.4, -0.2) is 57.7 Å². The van der Waals surface area contributed by atoms with E-state index in [4.69, 9.17) is 11.5 Å². The molecule has 1 heterocycles. The monoisotopic (exact) mass is 242 g/mol. The fourth-order valence-corrected chi connectivity index (χ4v) is 2.69. The zero-order valence-corrected chi connectivity index (χ0v) is 10.0. The van der Waals surface area contributed by atoms with Crippen LogP contribution < -0.4 is 0 Å². The molecule has 1 N–H and O–H groups in total. The largest absolute Gasteiger partial charge is 0.480 e. The minimum atomic E-state index is -0.973. The number of hydrogen-bond acceptors (Lipinski definition) is 3. The van der Waals surface area contributed by atoms with Gasteiger partial charge in [0.05, 0.1) is 11.9 Å². The van der Waals surface area contributed by atoms with Crippen LogP contribution in [0, 0.1) is 12.3 Å². The van der Waals surface area contributed by atoms with Crippen molar-refractivity contribution in [1.29, 1.82) is 0 Å². The van der Waals surface area contributed by atoms with Crippen molar-refractivity contribution in [1.82, 2.24) is 9.80 Å². The molecule has 5 nitrogen and oxygen atoms in total. The van der Waals surface area contributed by atoms with Crippen LogP contribution in [0.15, 0.2) is 0 Å². The Morgan fingerprint density at radius 3 is 2.81 bits per heavy atom. The van der Waals surface area contributed by atoms with Crippen LogP contribution in [0.1, 0.15) is 6.92 Å². The molecule has 88 valence electrons. The molecule has 0 aliphatic carbocycles. The highest BCUT2D eigenvalue weighted by atomic mass is 32.2. The maximum Gasteiger partial charge on any atom is 0.327 e. The number of thioether (sulfide) groups is 1. The van der Waals surface area contributed by atoms with Gasteiger partial charge in [-0.15, -0.1) is 18.2 Å². The molecule has 1 fully saturated rings. The summed E-state index contributed by atoms with van der Waals surface area (Å²) in [6.07, 6.45) is 5.11. The third-order valence-electron chi connectivity index (χ3n) is 2.38. The first kappa shape index (κ1) is 12.7. The first-order valence-corrected chi connectivity index (χ1v) is 5.85. The molecule has 6 heteroatoms. The number of carboxylic acid groups (broad SMARTS) is 1. The Labute approximate surface area is 98.8 Å². The number of carbonyl (C=O) groups excluding carboxylic acids is 1. The lowest BCUT2D eigenvalue weighted by Crippen LogP contribution is -2.50. The molecule has 0 bridgehead atoms. The second-order valence-electron chi connectivity index (χ2n) is 3.54. The van der Waals surface area contributed by atoms with Gasteiger partial charge in [0, 0.05) is 12.8 Å². The highest BCUT2D eigenvalue weighted by Gasteiger charge is 2.40. The summed E-state index contributed by atoms with van der Waals surface area (Å²) in [6.45, 7) is 1.99. The number of nitrogens with zero attached hydrogens (tertiary/aromatic N) is 2. The molecule has 0 aromatic heterocycles. The number of amides is 2. The lowest BCUT2D eigenvalue weighted by molar-refractivity contribution is -0.141. The fourth-order valence-electron chi connectivity index (χ4n) is 1.53. The van der Waals surface area contributed by atoms with Crippen LogP contribution in [0.5, 0.6) is 0 Å². The second-order valence-corrected chi connectivity index (χ2v) is 4.89. The topological polar surface area (TPSA) is 60.9 Å². The molecule has 2 atom stereocenters. The first-order chi connectivity index (χ1) is 7.49. The van der Waals surface area contributed by atoms with Gasteiger partial charge in [0.1, 0.15) is 6.04 Å². The summed E-state index contributed by atoms with van der Waals surface area (Å²) in [4.78, 5) is 25.6. The number of carboxylic acids is 1. The van der Waals surface area contributed by atoms with E-state index in [0.717, 1.165) is 0 Å². The fraction of sp³-hybridized carbons (Fsp3) is 0.600. The Kier molecular flexibility index (Phi) is 4.07. The molecule has 0 spiro atoms. The molecule has 1 saturated heterocycles. The molecular formula is C10H14N2O3S. The van der Waals surface area contributed by atoms with Gasteiger partial charge < -0.3 is 10.0 Å². The van der Waals surface area contributed by atoms with Gasteiger partial charge in [0.2, 0.25) is 0 Å². The summed E-state index contributed by atoms with van der Waals surface area (Å²) in [5.74, 6) is 1.80. The lowest BCUT2D eigenvalue weighted by atomic mass is 10.3. The van der Waals surface area contributed by atoms with Gasteiger partial charge in [-0.25, -0.2) is 9.59 Å². The molecule has 1 aliphatic rings. The highest BCUT2D eigenvalue weighted by molar-refractivity contribution is 8.00. The molecule has 0 saturated carbocycles. The number of rotatable bonds is 2. The van der Waals surface area contributed by atoms with Crippen molar-refractivity contribution < 1.29 is 14.7 Å². The minimum absolute atomic E-state index is 0.131. The molecular weight excluding hydrogens is 228 g/mol. The Morgan fingerprint density at radius 1 is 1.69 bits per heavy atom. The molecule has 0 aromatic rings. The maximum atomic E-state index is 11.9. The summed E-state index contributed by atoms with van der Waals surface area (Å²) in [6, 6.07) is -1.09. The van der Waals surface area contributed by atoms with Gasteiger partial charge in [-0.3, -0.25) is 4.90 Å². The van der Waals surface area contributed by atoms with Crippen molar-refractivity contribution in [3.05, 3.63) is 0 Å². The number of carbonyl (C=O) groups is 2. The predicted molar refractivity (Wildman–Crippen MR) is 62.0 cm³/mol. The van der Waals surface area contributed by atoms with E-state index in [1.54, 1.807) is 7.05 Å². The standard InChI is InChI=1S/C10H14N2O3S/c1-4-5-11(3)10(15)12-7(2)16-6-8(12)9(13)14/h1,7-8H,5-6H2,2-3H3,(H,13,14). The van der Waals surface area contributed by atoms with Crippen molar-refractivity contribution >= 4 is 23.8 Å². The summed E-state index contributed by atoms with van der Waals surface area (Å²) >= 11 is 1.45. The van der Waals surface area contributed by atoms with Crippen molar-refractivity contribution in [3.8, 4) is 12.3 Å². The molecule has 2 amide bonds. The summed E-state index contributed by atoms with van der Waals surface area (Å²) < 4.78 is 0. The van der Waals surface area contributed by atoms with Crippen molar-refractivity contribution in [3.63, 3.8) is 0 Å². The summed E-state index contributed by atoms with van der Waals surface area (Å²) in [7, 11) is 1.57. The minimum Gasteiger partial charge on any atom is -0.480 e. The molecule has 16 heavy (non-hydrogen) atoms. The second kappa shape index (κ2) is 5.12. The van der Waals surface area contributed by atoms with Crippen LogP contribution in [-0.2, 0) is 4.79 Å². The van der Waals surface area contributed by atoms with E-state index in [1.165, 1.54) is 21.6 Å². The van der Waals surface area contributed by atoms with Gasteiger partial charge in [-0.2, -0.15) is 0 Å². The molecule has 0 aromatic carbocycles. The van der Waals surface area contributed by atoms with E-state index in [1.807, 2.05) is 6.92 Å². The third-order valence-corrected chi connectivity index (χ3v) is 3.60. The van der Waals surface area contributed by atoms with Gasteiger partial charge in [-0.1, -0.05) is 5.92 Å². The molecule has 1 rings (SSSR count). The molecule has 0 radical (unpaired) electrons. The van der Waals surface area contributed by atoms with E-state index >= 15 is 0 Å². The van der Waals surface area contributed by atoms with E-state index in [2.05, 4.69) is 5.92 Å². The highest BCUT2D eigenvalue weighted by Crippen LogP contribution is 2.29. The van der Waals surface area contributed by atoms with Crippen LogP contribution in [0.25, 0.3) is 0 Å². The van der Waals surface area contributed by atoms with Gasteiger partial charge in [0.15, 0.2) is 0 Å².